The molecule has 1 aliphatic heterocycles. The van der Waals surface area contributed by atoms with E-state index < -0.39 is 0 Å². The monoisotopic (exact) mass is 300 g/mol. The van der Waals surface area contributed by atoms with Gasteiger partial charge in [-0.1, -0.05) is 18.2 Å². The molecule has 0 saturated carbocycles. The summed E-state index contributed by atoms with van der Waals surface area (Å²) in [4.78, 5) is 11.9. The van der Waals surface area contributed by atoms with E-state index in [4.69, 9.17) is 19.9 Å². The summed E-state index contributed by atoms with van der Waals surface area (Å²) < 4.78 is 16.0. The van der Waals surface area contributed by atoms with E-state index in [-0.39, 0.29) is 19.3 Å². The van der Waals surface area contributed by atoms with Crippen LogP contribution < -0.4 is 25.3 Å². The standard InChI is InChI=1S/C16H16N2O4/c17-8-11-3-1-2-4-13(11)20-9-16(19)18-12-5-6-14-15(7-12)22-10-21-14/h1-7H,8-10,17H2,(H,18,19). The van der Waals surface area contributed by atoms with Crippen molar-refractivity contribution in [3.05, 3.63) is 48.0 Å². The molecule has 3 N–H and O–H groups in total. The van der Waals surface area contributed by atoms with Gasteiger partial charge in [-0.25, -0.2) is 0 Å². The second-order valence-electron chi connectivity index (χ2n) is 4.72. The lowest BCUT2D eigenvalue weighted by molar-refractivity contribution is -0.118. The van der Waals surface area contributed by atoms with Crippen LogP contribution in [0.5, 0.6) is 17.2 Å². The lowest BCUT2D eigenvalue weighted by Crippen LogP contribution is -2.20. The van der Waals surface area contributed by atoms with Crippen molar-refractivity contribution in [3.63, 3.8) is 0 Å². The Labute approximate surface area is 127 Å². The molecule has 22 heavy (non-hydrogen) atoms. The Morgan fingerprint density at radius 1 is 1.18 bits per heavy atom. The predicted octanol–water partition coefficient (Wildman–Crippen LogP) is 1.89. The summed E-state index contributed by atoms with van der Waals surface area (Å²) in [6, 6.07) is 12.6. The fourth-order valence-electron chi connectivity index (χ4n) is 2.13. The van der Waals surface area contributed by atoms with Gasteiger partial charge in [0.25, 0.3) is 5.91 Å². The number of nitrogens with two attached hydrogens (primary N) is 1. The minimum absolute atomic E-state index is 0.0918. The molecule has 6 nitrogen and oxygen atoms in total. The van der Waals surface area contributed by atoms with Gasteiger partial charge in [0.1, 0.15) is 5.75 Å². The van der Waals surface area contributed by atoms with Crippen molar-refractivity contribution in [1.82, 2.24) is 0 Å². The number of hydrogen-bond acceptors (Lipinski definition) is 5. The summed E-state index contributed by atoms with van der Waals surface area (Å²) in [6.45, 7) is 0.469. The number of rotatable bonds is 5. The molecule has 0 atom stereocenters. The van der Waals surface area contributed by atoms with E-state index >= 15 is 0 Å². The van der Waals surface area contributed by atoms with Crippen molar-refractivity contribution in [2.45, 2.75) is 6.54 Å². The number of amides is 1. The average molecular weight is 300 g/mol. The molecule has 1 aliphatic rings. The first-order valence-electron chi connectivity index (χ1n) is 6.86. The van der Waals surface area contributed by atoms with Gasteiger partial charge < -0.3 is 25.3 Å². The second-order valence-corrected chi connectivity index (χ2v) is 4.72. The third kappa shape index (κ3) is 3.12. The Balaban J connectivity index is 1.58. The normalized spacial score (nSPS) is 12.0. The fourth-order valence-corrected chi connectivity index (χ4v) is 2.13. The maximum Gasteiger partial charge on any atom is 0.262 e. The number of hydrogen-bond donors (Lipinski definition) is 2. The summed E-state index contributed by atoms with van der Waals surface area (Å²) in [5.41, 5.74) is 7.12. The molecule has 0 spiro atoms. The Hall–Kier alpha value is -2.73. The number of fused-ring (bicyclic) bond motifs is 1. The highest BCUT2D eigenvalue weighted by molar-refractivity contribution is 5.92. The van der Waals surface area contributed by atoms with Crippen molar-refractivity contribution >= 4 is 11.6 Å². The van der Waals surface area contributed by atoms with E-state index in [1.807, 2.05) is 18.2 Å². The molecule has 1 heterocycles. The third-order valence-electron chi connectivity index (χ3n) is 3.21. The van der Waals surface area contributed by atoms with Crippen LogP contribution in [0.4, 0.5) is 5.69 Å². The van der Waals surface area contributed by atoms with Gasteiger partial charge in [-0.15, -0.1) is 0 Å². The summed E-state index contributed by atoms with van der Waals surface area (Å²) in [5, 5.41) is 2.75. The molecule has 0 saturated heterocycles. The zero-order valence-electron chi connectivity index (χ0n) is 11.9. The highest BCUT2D eigenvalue weighted by Crippen LogP contribution is 2.34. The molecule has 6 heteroatoms. The van der Waals surface area contributed by atoms with Gasteiger partial charge >= 0.3 is 0 Å². The first-order valence-corrected chi connectivity index (χ1v) is 6.86. The quantitative estimate of drug-likeness (QED) is 0.881. The van der Waals surface area contributed by atoms with E-state index in [2.05, 4.69) is 5.32 Å². The number of nitrogens with one attached hydrogen (secondary N) is 1. The van der Waals surface area contributed by atoms with Gasteiger partial charge in [0.05, 0.1) is 0 Å². The fraction of sp³-hybridized carbons (Fsp3) is 0.188. The molecule has 1 amide bonds. The van der Waals surface area contributed by atoms with Gasteiger partial charge in [0.15, 0.2) is 18.1 Å². The van der Waals surface area contributed by atoms with Crippen molar-refractivity contribution < 1.29 is 19.0 Å². The van der Waals surface area contributed by atoms with Crippen LogP contribution in [0.1, 0.15) is 5.56 Å². The van der Waals surface area contributed by atoms with Crippen LogP contribution in [0.15, 0.2) is 42.5 Å². The van der Waals surface area contributed by atoms with Crippen LogP contribution >= 0.6 is 0 Å². The molecule has 3 rings (SSSR count). The lowest BCUT2D eigenvalue weighted by Gasteiger charge is -2.10. The predicted molar refractivity (Wildman–Crippen MR) is 81.0 cm³/mol. The van der Waals surface area contributed by atoms with Gasteiger partial charge in [0, 0.05) is 23.9 Å². The molecule has 0 bridgehead atoms. The van der Waals surface area contributed by atoms with E-state index in [0.29, 0.717) is 29.5 Å². The molecule has 2 aromatic carbocycles. The van der Waals surface area contributed by atoms with Gasteiger partial charge in [-0.05, 0) is 18.2 Å². The van der Waals surface area contributed by atoms with Gasteiger partial charge in [-0.2, -0.15) is 0 Å². The van der Waals surface area contributed by atoms with Crippen LogP contribution in [0, 0.1) is 0 Å². The SMILES string of the molecule is NCc1ccccc1OCC(=O)Nc1ccc2c(c1)OCO2. The number of benzene rings is 2. The molecular formula is C16H16N2O4. The Kier molecular flexibility index (Phi) is 4.11. The molecule has 114 valence electrons. The summed E-state index contributed by atoms with van der Waals surface area (Å²) >= 11 is 0. The average Bonchev–Trinajstić information content (AvgIpc) is 3.01. The number of anilines is 1. The number of para-hydroxylation sites is 1. The third-order valence-corrected chi connectivity index (χ3v) is 3.21. The Bertz CT molecular complexity index is 688. The largest absolute Gasteiger partial charge is 0.483 e. The molecule has 2 aromatic rings. The van der Waals surface area contributed by atoms with Crippen molar-refractivity contribution in [1.29, 1.82) is 0 Å². The van der Waals surface area contributed by atoms with Crippen LogP contribution in [-0.2, 0) is 11.3 Å². The minimum atomic E-state index is -0.259. The highest BCUT2D eigenvalue weighted by Gasteiger charge is 2.14. The number of carbonyl (C=O) groups excluding carboxylic acids is 1. The second kappa shape index (κ2) is 6.36. The highest BCUT2D eigenvalue weighted by atomic mass is 16.7. The van der Waals surface area contributed by atoms with E-state index in [1.54, 1.807) is 24.3 Å². The minimum Gasteiger partial charge on any atom is -0.483 e. The van der Waals surface area contributed by atoms with Crippen LogP contribution in [0.3, 0.4) is 0 Å². The van der Waals surface area contributed by atoms with E-state index in [0.717, 1.165) is 5.56 Å². The Morgan fingerprint density at radius 3 is 2.86 bits per heavy atom. The van der Waals surface area contributed by atoms with Crippen LogP contribution in [0.2, 0.25) is 0 Å². The smallest absolute Gasteiger partial charge is 0.262 e. The van der Waals surface area contributed by atoms with Crippen molar-refractivity contribution in [2.24, 2.45) is 5.73 Å². The molecular weight excluding hydrogens is 284 g/mol. The van der Waals surface area contributed by atoms with Crippen molar-refractivity contribution in [2.75, 3.05) is 18.7 Å². The number of carbonyl (C=O) groups is 1. The zero-order chi connectivity index (χ0) is 15.4. The molecule has 0 fully saturated rings. The topological polar surface area (TPSA) is 82.8 Å². The summed E-state index contributed by atoms with van der Waals surface area (Å²) in [7, 11) is 0. The molecule has 0 unspecified atom stereocenters. The van der Waals surface area contributed by atoms with Gasteiger partial charge in [-0.3, -0.25) is 4.79 Å². The van der Waals surface area contributed by atoms with Crippen molar-refractivity contribution in [3.8, 4) is 17.2 Å². The molecule has 0 radical (unpaired) electrons. The lowest BCUT2D eigenvalue weighted by atomic mass is 10.2. The number of ether oxygens (including phenoxy) is 3. The first-order chi connectivity index (χ1) is 10.8. The van der Waals surface area contributed by atoms with Crippen LogP contribution in [0.25, 0.3) is 0 Å². The van der Waals surface area contributed by atoms with E-state index in [9.17, 15) is 4.79 Å². The molecule has 0 aliphatic carbocycles. The maximum atomic E-state index is 11.9. The summed E-state index contributed by atoms with van der Waals surface area (Å²) in [6.07, 6.45) is 0. The summed E-state index contributed by atoms with van der Waals surface area (Å²) in [5.74, 6) is 1.65. The Morgan fingerprint density at radius 2 is 2.00 bits per heavy atom. The molecule has 0 aromatic heterocycles. The van der Waals surface area contributed by atoms with Gasteiger partial charge in [0.2, 0.25) is 6.79 Å². The zero-order valence-corrected chi connectivity index (χ0v) is 11.9. The first kappa shape index (κ1) is 14.2. The maximum absolute atomic E-state index is 11.9. The van der Waals surface area contributed by atoms with E-state index in [1.165, 1.54) is 0 Å². The van der Waals surface area contributed by atoms with Crippen LogP contribution in [-0.4, -0.2) is 19.3 Å².